The summed E-state index contributed by atoms with van der Waals surface area (Å²) in [6, 6.07) is 7.15. The van der Waals surface area contributed by atoms with Crippen LogP contribution in [0.5, 0.6) is 5.75 Å². The summed E-state index contributed by atoms with van der Waals surface area (Å²) in [5.74, 6) is 0.0416. The van der Waals surface area contributed by atoms with Crippen molar-refractivity contribution in [3.8, 4) is 5.75 Å². The van der Waals surface area contributed by atoms with Crippen LogP contribution in [0.1, 0.15) is 79.3 Å². The Morgan fingerprint density at radius 2 is 2.11 bits per heavy atom. The van der Waals surface area contributed by atoms with Gasteiger partial charge in [-0.1, -0.05) is 12.5 Å². The van der Waals surface area contributed by atoms with E-state index in [9.17, 15) is 14.3 Å². The number of unbranched alkanes of at least 4 members (excludes halogenated alkanes) is 2. The first kappa shape index (κ1) is 26.9. The highest BCUT2D eigenvalue weighted by Crippen LogP contribution is 2.44. The van der Waals surface area contributed by atoms with E-state index in [1.165, 1.54) is 25.2 Å². The number of halogens is 1. The SMILES string of the molecule is COc1c(F)cc(C2CC2)cc1C(C(=O)O)N1CC[C@@H](N(C)CCCCCc2ccc3c(n2)NCCC3)C1. The van der Waals surface area contributed by atoms with Crippen molar-refractivity contribution in [1.82, 2.24) is 14.8 Å². The third-order valence-electron chi connectivity index (χ3n) is 8.45. The fourth-order valence-electron chi connectivity index (χ4n) is 6.09. The van der Waals surface area contributed by atoms with Crippen molar-refractivity contribution in [3.63, 3.8) is 0 Å². The maximum atomic E-state index is 14.8. The van der Waals surface area contributed by atoms with Gasteiger partial charge in [0.05, 0.1) is 7.11 Å². The summed E-state index contributed by atoms with van der Waals surface area (Å²) < 4.78 is 20.2. The summed E-state index contributed by atoms with van der Waals surface area (Å²) in [5.41, 5.74) is 3.82. The number of ether oxygens (including phenoxy) is 1. The highest BCUT2D eigenvalue weighted by atomic mass is 19.1. The van der Waals surface area contributed by atoms with E-state index in [2.05, 4.69) is 29.4 Å². The molecule has 3 heterocycles. The Labute approximate surface area is 225 Å². The van der Waals surface area contributed by atoms with Gasteiger partial charge >= 0.3 is 5.97 Å². The number of hydrogen-bond donors (Lipinski definition) is 2. The van der Waals surface area contributed by atoms with Gasteiger partial charge in [0.25, 0.3) is 0 Å². The Kier molecular flexibility index (Phi) is 8.48. The van der Waals surface area contributed by atoms with Crippen molar-refractivity contribution < 1.29 is 19.0 Å². The molecule has 206 valence electrons. The Bertz CT molecular complexity index is 1140. The van der Waals surface area contributed by atoms with Crippen LogP contribution in [0.3, 0.4) is 0 Å². The predicted octanol–water partition coefficient (Wildman–Crippen LogP) is 5.01. The number of carboxylic acid groups (broad SMARTS) is 1. The highest BCUT2D eigenvalue weighted by molar-refractivity contribution is 5.77. The average Bonchev–Trinajstić information content (AvgIpc) is 3.65. The van der Waals surface area contributed by atoms with Crippen LogP contribution in [-0.4, -0.2) is 72.2 Å². The molecular weight excluding hydrogens is 483 g/mol. The first-order valence-corrected chi connectivity index (χ1v) is 14.2. The van der Waals surface area contributed by atoms with Crippen LogP contribution in [0, 0.1) is 5.82 Å². The molecule has 0 radical (unpaired) electrons. The minimum absolute atomic E-state index is 0.0582. The van der Waals surface area contributed by atoms with Gasteiger partial charge in [-0.2, -0.15) is 0 Å². The molecule has 1 aromatic carbocycles. The zero-order valence-electron chi connectivity index (χ0n) is 22.7. The van der Waals surface area contributed by atoms with E-state index in [0.29, 0.717) is 24.6 Å². The van der Waals surface area contributed by atoms with Gasteiger partial charge in [-0.05, 0) is 100 Å². The second-order valence-electron chi connectivity index (χ2n) is 11.2. The number of methoxy groups -OCH3 is 1. The highest BCUT2D eigenvalue weighted by Gasteiger charge is 2.38. The molecule has 0 spiro atoms. The topological polar surface area (TPSA) is 77.9 Å². The normalized spacial score (nSPS) is 20.3. The summed E-state index contributed by atoms with van der Waals surface area (Å²) in [4.78, 5) is 21.6. The quantitative estimate of drug-likeness (QED) is 0.378. The fourth-order valence-corrected chi connectivity index (χ4v) is 6.09. The number of carboxylic acids is 1. The van der Waals surface area contributed by atoms with Gasteiger partial charge in [0, 0.05) is 36.9 Å². The number of benzene rings is 1. The molecule has 38 heavy (non-hydrogen) atoms. The number of nitrogens with one attached hydrogen (secondary N) is 1. The Hall–Kier alpha value is -2.71. The standard InChI is InChI=1S/C30H41FN4O3/c1-34(15-5-3-4-8-23-12-11-21-7-6-14-32-29(21)33-23)24-13-16-35(19-24)27(30(36)37)25-17-22(20-9-10-20)18-26(31)28(25)38-2/h11-12,17-18,20,24,27H,3-10,13-16,19H2,1-2H3,(H,32,33)(H,36,37)/t24-,27?/m1/s1. The smallest absolute Gasteiger partial charge is 0.325 e. The number of nitrogens with zero attached hydrogens (tertiary/aromatic N) is 3. The second-order valence-corrected chi connectivity index (χ2v) is 11.2. The van der Waals surface area contributed by atoms with Crippen LogP contribution in [-0.2, 0) is 17.6 Å². The minimum Gasteiger partial charge on any atom is -0.493 e. The maximum Gasteiger partial charge on any atom is 0.325 e. The molecular formula is C30H41FN4O3. The molecule has 1 saturated carbocycles. The van der Waals surface area contributed by atoms with Crippen molar-refractivity contribution in [3.05, 3.63) is 52.5 Å². The molecule has 2 fully saturated rings. The maximum absolute atomic E-state index is 14.8. The lowest BCUT2D eigenvalue weighted by atomic mass is 9.99. The summed E-state index contributed by atoms with van der Waals surface area (Å²) in [6.45, 7) is 3.31. The van der Waals surface area contributed by atoms with Crippen LogP contribution in [0.2, 0.25) is 0 Å². The third-order valence-corrected chi connectivity index (χ3v) is 8.45. The molecule has 2 N–H and O–H groups in total. The van der Waals surface area contributed by atoms with E-state index < -0.39 is 17.8 Å². The van der Waals surface area contributed by atoms with Crippen LogP contribution in [0.25, 0.3) is 0 Å². The molecule has 0 bridgehead atoms. The largest absolute Gasteiger partial charge is 0.493 e. The van der Waals surface area contributed by atoms with Crippen LogP contribution in [0.15, 0.2) is 24.3 Å². The van der Waals surface area contributed by atoms with Crippen molar-refractivity contribution in [1.29, 1.82) is 0 Å². The summed E-state index contributed by atoms with van der Waals surface area (Å²) >= 11 is 0. The molecule has 1 aromatic heterocycles. The fraction of sp³-hybridized carbons (Fsp3) is 0.600. The Morgan fingerprint density at radius 3 is 2.87 bits per heavy atom. The van der Waals surface area contributed by atoms with Gasteiger partial charge < -0.3 is 20.1 Å². The number of aromatic nitrogens is 1. The molecule has 0 amide bonds. The van der Waals surface area contributed by atoms with Crippen LogP contribution in [0.4, 0.5) is 10.2 Å². The lowest BCUT2D eigenvalue weighted by Crippen LogP contribution is -2.38. The Morgan fingerprint density at radius 1 is 1.26 bits per heavy atom. The number of aryl methyl sites for hydroxylation is 2. The number of aliphatic carboxylic acids is 1. The molecule has 5 rings (SSSR count). The molecule has 8 heteroatoms. The van der Waals surface area contributed by atoms with E-state index in [-0.39, 0.29) is 11.8 Å². The van der Waals surface area contributed by atoms with Gasteiger partial charge in [-0.25, -0.2) is 9.37 Å². The zero-order chi connectivity index (χ0) is 26.6. The van der Waals surface area contributed by atoms with Gasteiger partial charge in [-0.3, -0.25) is 9.69 Å². The van der Waals surface area contributed by atoms with E-state index in [1.807, 2.05) is 11.0 Å². The predicted molar refractivity (Wildman–Crippen MR) is 147 cm³/mol. The summed E-state index contributed by atoms with van der Waals surface area (Å²) in [5, 5.41) is 13.6. The molecule has 1 unspecified atom stereocenters. The second kappa shape index (κ2) is 12.0. The zero-order valence-corrected chi connectivity index (χ0v) is 22.7. The first-order chi connectivity index (χ1) is 18.4. The molecule has 7 nitrogen and oxygen atoms in total. The van der Waals surface area contributed by atoms with Gasteiger partial charge in [0.1, 0.15) is 11.9 Å². The van der Waals surface area contributed by atoms with E-state index >= 15 is 0 Å². The van der Waals surface area contributed by atoms with Crippen molar-refractivity contribution in [2.24, 2.45) is 0 Å². The Balaban J connectivity index is 1.13. The number of hydrogen-bond acceptors (Lipinski definition) is 6. The number of anilines is 1. The van der Waals surface area contributed by atoms with Crippen molar-refractivity contribution in [2.75, 3.05) is 45.7 Å². The molecule has 2 atom stereocenters. The third kappa shape index (κ3) is 6.12. The lowest BCUT2D eigenvalue weighted by Gasteiger charge is -2.28. The monoisotopic (exact) mass is 524 g/mol. The van der Waals surface area contributed by atoms with Crippen molar-refractivity contribution in [2.45, 2.75) is 75.8 Å². The van der Waals surface area contributed by atoms with E-state index in [0.717, 1.165) is 81.5 Å². The summed E-state index contributed by atoms with van der Waals surface area (Å²) in [7, 11) is 3.55. The average molecular weight is 525 g/mol. The number of rotatable bonds is 12. The number of pyridine rings is 1. The van der Waals surface area contributed by atoms with Gasteiger partial charge in [0.15, 0.2) is 11.6 Å². The van der Waals surface area contributed by atoms with Crippen LogP contribution >= 0.6 is 0 Å². The number of carbonyl (C=O) groups is 1. The van der Waals surface area contributed by atoms with Gasteiger partial charge in [0.2, 0.25) is 0 Å². The molecule has 1 saturated heterocycles. The van der Waals surface area contributed by atoms with Gasteiger partial charge in [-0.15, -0.1) is 0 Å². The molecule has 2 aliphatic heterocycles. The lowest BCUT2D eigenvalue weighted by molar-refractivity contribution is -0.143. The molecule has 3 aliphatic rings. The molecule has 1 aliphatic carbocycles. The van der Waals surface area contributed by atoms with Crippen molar-refractivity contribution >= 4 is 11.8 Å². The number of likely N-dealkylation sites (tertiary alicyclic amines) is 1. The van der Waals surface area contributed by atoms with Crippen LogP contribution < -0.4 is 10.1 Å². The minimum atomic E-state index is -0.954. The number of likely N-dealkylation sites (N-methyl/N-ethyl adjacent to an activating group) is 1. The van der Waals surface area contributed by atoms with E-state index in [1.54, 1.807) is 0 Å². The molecule has 2 aromatic rings. The first-order valence-electron chi connectivity index (χ1n) is 14.2. The van der Waals surface area contributed by atoms with E-state index in [4.69, 9.17) is 9.72 Å². The summed E-state index contributed by atoms with van der Waals surface area (Å²) in [6.07, 6.45) is 9.59. The number of fused-ring (bicyclic) bond motifs is 1.